The summed E-state index contributed by atoms with van der Waals surface area (Å²) in [6.07, 6.45) is 0. The van der Waals surface area contributed by atoms with Crippen LogP contribution in [0.5, 0.6) is 0 Å². The molecule has 0 spiro atoms. The summed E-state index contributed by atoms with van der Waals surface area (Å²) in [4.78, 5) is 0. The van der Waals surface area contributed by atoms with E-state index in [1.54, 1.807) is 0 Å². The van der Waals surface area contributed by atoms with Gasteiger partial charge in [-0.15, -0.1) is 0 Å². The molecule has 1 aromatic carbocycles. The topological polar surface area (TPSA) is 0 Å². The quantitative estimate of drug-likeness (QED) is 0.525. The Morgan fingerprint density at radius 3 is 1.90 bits per heavy atom. The van der Waals surface area contributed by atoms with Crippen LogP contribution in [0.2, 0.25) is 0 Å². The van der Waals surface area contributed by atoms with Crippen LogP contribution in [0.1, 0.15) is 0 Å². The van der Waals surface area contributed by atoms with Crippen LogP contribution < -0.4 is 0 Å². The molecule has 0 aromatic heterocycles. The zero-order valence-electron chi connectivity index (χ0n) is 4.72. The summed E-state index contributed by atoms with van der Waals surface area (Å²) in [6, 6.07) is 2.10. The van der Waals surface area contributed by atoms with Gasteiger partial charge < -0.3 is 0 Å². The third-order valence-electron chi connectivity index (χ3n) is 0.882. The van der Waals surface area contributed by atoms with Gasteiger partial charge in [0, 0.05) is 43.8 Å². The van der Waals surface area contributed by atoms with Crippen molar-refractivity contribution >= 4 is 0 Å². The fourth-order valence-corrected chi connectivity index (χ4v) is 0.470. The molecule has 0 unspecified atom stereocenters. The normalized spacial score (nSPS) is 8.70. The van der Waals surface area contributed by atoms with Gasteiger partial charge in [0.25, 0.3) is 0 Å². The first-order valence-corrected chi connectivity index (χ1v) is 2.30. The van der Waals surface area contributed by atoms with Gasteiger partial charge in [-0.2, -0.15) is 0 Å². The van der Waals surface area contributed by atoms with E-state index >= 15 is 0 Å². The second-order valence-electron chi connectivity index (χ2n) is 1.56. The summed E-state index contributed by atoms with van der Waals surface area (Å²) in [6.45, 7) is 0. The Morgan fingerprint density at radius 2 is 1.50 bits per heavy atom. The molecule has 1 rings (SSSR count). The van der Waals surface area contributed by atoms with Crippen LogP contribution in [-0.4, -0.2) is 0 Å². The van der Waals surface area contributed by atoms with Crippen molar-refractivity contribution in [3.8, 4) is 0 Å². The Bertz CT molecular complexity index is 224. The Morgan fingerprint density at radius 1 is 0.900 bits per heavy atom. The molecule has 0 saturated heterocycles. The average Bonchev–Trinajstić information content (AvgIpc) is 1.80. The molecule has 0 bridgehead atoms. The zero-order valence-corrected chi connectivity index (χ0v) is 5.43. The first-order valence-electron chi connectivity index (χ1n) is 2.30. The molecule has 0 radical (unpaired) electrons. The van der Waals surface area contributed by atoms with Crippen LogP contribution >= 0.6 is 0 Å². The molecular formula is C6H3ArF3. The Labute approximate surface area is 86.0 Å². The monoisotopic (exact) mass is 172 g/mol. The van der Waals surface area contributed by atoms with Crippen LogP contribution in [0, 0.1) is 55.2 Å². The average molecular weight is 172 g/mol. The maximum absolute atomic E-state index is 12.0. The molecule has 0 amide bonds. The van der Waals surface area contributed by atoms with E-state index in [4.69, 9.17) is 0 Å². The standard InChI is InChI=1S/C6H3F3.Ar/c7-4-1-2-5(8)6(9)3-4;/h1-3H;. The minimum absolute atomic E-state index is 0. The van der Waals surface area contributed by atoms with Gasteiger partial charge >= 0.3 is 0 Å². The molecule has 0 nitrogen and oxygen atoms in total. The molecule has 0 saturated carbocycles. The number of benzene rings is 1. The van der Waals surface area contributed by atoms with E-state index in [0.29, 0.717) is 6.07 Å². The molecule has 0 N–H and O–H groups in total. The van der Waals surface area contributed by atoms with E-state index in [9.17, 15) is 13.2 Å². The molecule has 0 atom stereocenters. The number of halogens is 3. The predicted octanol–water partition coefficient (Wildman–Crippen LogP) is 2.10. The summed E-state index contributed by atoms with van der Waals surface area (Å²) >= 11 is 0. The van der Waals surface area contributed by atoms with Gasteiger partial charge in [0.05, 0.1) is 0 Å². The fourth-order valence-electron chi connectivity index (χ4n) is 0.470. The molecular weight excluding hydrogens is 169 g/mol. The summed E-state index contributed by atoms with van der Waals surface area (Å²) < 4.78 is 35.9. The van der Waals surface area contributed by atoms with Crippen molar-refractivity contribution in [2.45, 2.75) is 0 Å². The van der Waals surface area contributed by atoms with Crippen molar-refractivity contribution in [2.75, 3.05) is 0 Å². The second kappa shape index (κ2) is 4.21. The SMILES string of the molecule is Fc1ccc(F)c(F)c1.[Ar]. The van der Waals surface area contributed by atoms with E-state index in [-0.39, 0.29) is 37.7 Å². The maximum Gasteiger partial charge on any atom is 0.161 e. The molecule has 4 heteroatoms. The third kappa shape index (κ3) is 2.48. The Hall–Kier alpha value is 0.270. The summed E-state index contributed by atoms with van der Waals surface area (Å²) in [5.41, 5.74) is 0. The van der Waals surface area contributed by atoms with E-state index in [1.165, 1.54) is 0 Å². The number of hydrogen-bond donors (Lipinski definition) is 0. The van der Waals surface area contributed by atoms with E-state index in [0.717, 1.165) is 12.1 Å². The van der Waals surface area contributed by atoms with Gasteiger partial charge in [-0.05, 0) is 12.1 Å². The number of hydrogen-bond acceptors (Lipinski definition) is 0. The summed E-state index contributed by atoms with van der Waals surface area (Å²) in [7, 11) is 0. The van der Waals surface area contributed by atoms with E-state index < -0.39 is 17.5 Å². The molecule has 56 valence electrons. The summed E-state index contributed by atoms with van der Waals surface area (Å²) in [5.74, 6) is -2.96. The molecule has 0 fully saturated rings. The third-order valence-corrected chi connectivity index (χ3v) is 0.882. The molecule has 0 heterocycles. The smallest absolute Gasteiger partial charge is 0.161 e. The molecule has 0 aliphatic carbocycles. The Balaban J connectivity index is 0.000000810. The van der Waals surface area contributed by atoms with E-state index in [1.807, 2.05) is 0 Å². The van der Waals surface area contributed by atoms with Crippen molar-refractivity contribution in [3.63, 3.8) is 0 Å². The van der Waals surface area contributed by atoms with Gasteiger partial charge in [-0.1, -0.05) is 0 Å². The van der Waals surface area contributed by atoms with Gasteiger partial charge in [-0.3, -0.25) is 0 Å². The van der Waals surface area contributed by atoms with Crippen molar-refractivity contribution in [1.29, 1.82) is 0 Å². The first kappa shape index (κ1) is 10.3. The predicted molar refractivity (Wildman–Crippen MR) is 26.3 cm³/mol. The van der Waals surface area contributed by atoms with Gasteiger partial charge in [-0.25, -0.2) is 13.2 Å². The largest absolute Gasteiger partial charge is 0.207 e. The summed E-state index contributed by atoms with van der Waals surface area (Å²) in [5, 5.41) is 0. The van der Waals surface area contributed by atoms with E-state index in [2.05, 4.69) is 0 Å². The first-order chi connectivity index (χ1) is 4.20. The second-order valence-corrected chi connectivity index (χ2v) is 1.56. The van der Waals surface area contributed by atoms with Crippen LogP contribution in [0.3, 0.4) is 0 Å². The molecule has 0 aliphatic heterocycles. The molecule has 1 aromatic rings. The van der Waals surface area contributed by atoms with Gasteiger partial charge in [0.2, 0.25) is 0 Å². The van der Waals surface area contributed by atoms with Crippen molar-refractivity contribution < 1.29 is 50.9 Å². The minimum Gasteiger partial charge on any atom is -0.207 e. The van der Waals surface area contributed by atoms with Crippen LogP contribution in [0.25, 0.3) is 0 Å². The van der Waals surface area contributed by atoms with Gasteiger partial charge in [0.1, 0.15) is 5.82 Å². The van der Waals surface area contributed by atoms with Crippen LogP contribution in [-0.2, 0) is 0 Å². The van der Waals surface area contributed by atoms with Crippen LogP contribution in [0.4, 0.5) is 13.2 Å². The van der Waals surface area contributed by atoms with Gasteiger partial charge in [0.15, 0.2) is 11.6 Å². The zero-order chi connectivity index (χ0) is 6.85. The fraction of sp³-hybridized carbons (Fsp3) is 0. The molecule has 10 heavy (non-hydrogen) atoms. The Kier molecular flexibility index (Phi) is 4.32. The van der Waals surface area contributed by atoms with Crippen molar-refractivity contribution in [1.82, 2.24) is 0 Å². The van der Waals surface area contributed by atoms with Crippen LogP contribution in [0.15, 0.2) is 18.2 Å². The minimum atomic E-state index is -1.16. The number of rotatable bonds is 0. The van der Waals surface area contributed by atoms with Crippen molar-refractivity contribution in [3.05, 3.63) is 35.7 Å². The maximum atomic E-state index is 12.0. The molecule has 0 aliphatic rings. The van der Waals surface area contributed by atoms with Crippen molar-refractivity contribution in [2.24, 2.45) is 0 Å².